The number of fused-ring (bicyclic) bond motifs is 1. The first-order valence-corrected chi connectivity index (χ1v) is 7.34. The standard InChI is InChI=1S/C18H18N2O3/c1-11-4-6-15-14(8-11)16(9-12(2)19-15)20-18(21)17-7-5-13(23-17)10-22-3/h4-9H,10H2,1-3H3,(H,19,20,21). The maximum absolute atomic E-state index is 12.4. The van der Waals surface area contributed by atoms with Gasteiger partial charge in [0, 0.05) is 18.2 Å². The molecule has 0 unspecified atom stereocenters. The van der Waals surface area contributed by atoms with Crippen LogP contribution in [0, 0.1) is 13.8 Å². The summed E-state index contributed by atoms with van der Waals surface area (Å²) >= 11 is 0. The van der Waals surface area contributed by atoms with Gasteiger partial charge >= 0.3 is 0 Å². The van der Waals surface area contributed by atoms with Crippen molar-refractivity contribution in [2.24, 2.45) is 0 Å². The molecule has 0 spiro atoms. The number of hydrogen-bond acceptors (Lipinski definition) is 4. The third-order valence-electron chi connectivity index (χ3n) is 3.51. The third-order valence-corrected chi connectivity index (χ3v) is 3.51. The molecule has 0 radical (unpaired) electrons. The van der Waals surface area contributed by atoms with E-state index in [4.69, 9.17) is 9.15 Å². The number of methoxy groups -OCH3 is 1. The van der Waals surface area contributed by atoms with Gasteiger partial charge in [0.25, 0.3) is 5.91 Å². The van der Waals surface area contributed by atoms with Gasteiger partial charge in [0.05, 0.1) is 11.2 Å². The second kappa shape index (κ2) is 6.22. The SMILES string of the molecule is COCc1ccc(C(=O)Nc2cc(C)nc3ccc(C)cc23)o1. The van der Waals surface area contributed by atoms with Gasteiger partial charge < -0.3 is 14.5 Å². The quantitative estimate of drug-likeness (QED) is 0.795. The number of rotatable bonds is 4. The van der Waals surface area contributed by atoms with Crippen molar-refractivity contribution >= 4 is 22.5 Å². The molecule has 2 aromatic heterocycles. The zero-order chi connectivity index (χ0) is 16.4. The Morgan fingerprint density at radius 3 is 2.83 bits per heavy atom. The van der Waals surface area contributed by atoms with E-state index in [1.54, 1.807) is 19.2 Å². The Bertz CT molecular complexity index is 868. The van der Waals surface area contributed by atoms with Gasteiger partial charge in [0.1, 0.15) is 12.4 Å². The normalized spacial score (nSPS) is 10.9. The topological polar surface area (TPSA) is 64.4 Å². The van der Waals surface area contributed by atoms with Crippen molar-refractivity contribution in [3.63, 3.8) is 0 Å². The second-order valence-corrected chi connectivity index (χ2v) is 5.48. The molecule has 2 heterocycles. The fourth-order valence-electron chi connectivity index (χ4n) is 2.48. The molecule has 0 saturated heterocycles. The first kappa shape index (κ1) is 15.2. The molecule has 1 N–H and O–H groups in total. The minimum atomic E-state index is -0.291. The van der Waals surface area contributed by atoms with E-state index >= 15 is 0 Å². The molecule has 0 atom stereocenters. The van der Waals surface area contributed by atoms with E-state index in [1.807, 2.05) is 38.1 Å². The zero-order valence-corrected chi connectivity index (χ0v) is 13.3. The number of hydrogen-bond donors (Lipinski definition) is 1. The van der Waals surface area contributed by atoms with Gasteiger partial charge in [-0.2, -0.15) is 0 Å². The summed E-state index contributed by atoms with van der Waals surface area (Å²) in [6.45, 7) is 4.25. The summed E-state index contributed by atoms with van der Waals surface area (Å²) in [6.07, 6.45) is 0. The van der Waals surface area contributed by atoms with Crippen LogP contribution in [0.2, 0.25) is 0 Å². The molecule has 0 bridgehead atoms. The van der Waals surface area contributed by atoms with Gasteiger partial charge in [-0.15, -0.1) is 0 Å². The van der Waals surface area contributed by atoms with E-state index < -0.39 is 0 Å². The molecule has 23 heavy (non-hydrogen) atoms. The highest BCUT2D eigenvalue weighted by Gasteiger charge is 2.14. The van der Waals surface area contributed by atoms with Crippen LogP contribution >= 0.6 is 0 Å². The smallest absolute Gasteiger partial charge is 0.291 e. The number of pyridine rings is 1. The summed E-state index contributed by atoms with van der Waals surface area (Å²) < 4.78 is 10.5. The molecule has 5 nitrogen and oxygen atoms in total. The Labute approximate surface area is 134 Å². The van der Waals surface area contributed by atoms with Crippen molar-refractivity contribution in [3.8, 4) is 0 Å². The molecule has 0 saturated carbocycles. The van der Waals surface area contributed by atoms with Gasteiger partial charge in [0.15, 0.2) is 5.76 Å². The maximum Gasteiger partial charge on any atom is 0.291 e. The first-order chi connectivity index (χ1) is 11.1. The molecular weight excluding hydrogens is 292 g/mol. The number of carbonyl (C=O) groups is 1. The molecule has 0 aliphatic heterocycles. The van der Waals surface area contributed by atoms with Crippen molar-refractivity contribution in [1.29, 1.82) is 0 Å². The van der Waals surface area contributed by atoms with Crippen LogP contribution in [0.5, 0.6) is 0 Å². The Kier molecular flexibility index (Phi) is 4.12. The Morgan fingerprint density at radius 1 is 1.22 bits per heavy atom. The molecular formula is C18H18N2O3. The number of aryl methyl sites for hydroxylation is 2. The molecule has 1 amide bonds. The summed E-state index contributed by atoms with van der Waals surface area (Å²) in [5.41, 5.74) is 3.53. The number of furan rings is 1. The van der Waals surface area contributed by atoms with Crippen LogP contribution in [0.15, 0.2) is 40.8 Å². The molecule has 3 rings (SSSR count). The average molecular weight is 310 g/mol. The second-order valence-electron chi connectivity index (χ2n) is 5.48. The van der Waals surface area contributed by atoms with E-state index in [1.165, 1.54) is 0 Å². The van der Waals surface area contributed by atoms with Crippen molar-refractivity contribution < 1.29 is 13.9 Å². The van der Waals surface area contributed by atoms with E-state index in [-0.39, 0.29) is 11.7 Å². The number of aromatic nitrogens is 1. The lowest BCUT2D eigenvalue weighted by Gasteiger charge is -2.09. The summed E-state index contributed by atoms with van der Waals surface area (Å²) in [7, 11) is 1.58. The van der Waals surface area contributed by atoms with E-state index in [9.17, 15) is 4.79 Å². The predicted octanol–water partition coefficient (Wildman–Crippen LogP) is 3.84. The van der Waals surface area contributed by atoms with Crippen molar-refractivity contribution in [3.05, 3.63) is 59.2 Å². The zero-order valence-electron chi connectivity index (χ0n) is 13.3. The molecule has 118 valence electrons. The third kappa shape index (κ3) is 3.24. The number of nitrogens with zero attached hydrogens (tertiary/aromatic N) is 1. The highest BCUT2D eigenvalue weighted by Crippen LogP contribution is 2.25. The molecule has 3 aromatic rings. The van der Waals surface area contributed by atoms with E-state index in [0.717, 1.165) is 27.8 Å². The van der Waals surface area contributed by atoms with E-state index in [0.29, 0.717) is 12.4 Å². The first-order valence-electron chi connectivity index (χ1n) is 7.34. The number of nitrogens with one attached hydrogen (secondary N) is 1. The molecule has 1 aromatic carbocycles. The monoisotopic (exact) mass is 310 g/mol. The van der Waals surface area contributed by atoms with Crippen LogP contribution in [0.3, 0.4) is 0 Å². The lowest BCUT2D eigenvalue weighted by atomic mass is 10.1. The van der Waals surface area contributed by atoms with E-state index in [2.05, 4.69) is 10.3 Å². The van der Waals surface area contributed by atoms with Crippen molar-refractivity contribution in [2.45, 2.75) is 20.5 Å². The predicted molar refractivity (Wildman–Crippen MR) is 88.6 cm³/mol. The van der Waals surface area contributed by atoms with Gasteiger partial charge in [-0.3, -0.25) is 9.78 Å². The van der Waals surface area contributed by atoms with Gasteiger partial charge in [-0.1, -0.05) is 11.6 Å². The summed E-state index contributed by atoms with van der Waals surface area (Å²) in [5.74, 6) is 0.581. The van der Waals surface area contributed by atoms with Crippen LogP contribution in [0.4, 0.5) is 5.69 Å². The molecule has 0 aliphatic carbocycles. The molecule has 0 aliphatic rings. The number of ether oxygens (including phenoxy) is 1. The number of amides is 1. The minimum Gasteiger partial charge on any atom is -0.453 e. The van der Waals surface area contributed by atoms with Crippen LogP contribution in [-0.4, -0.2) is 18.0 Å². The highest BCUT2D eigenvalue weighted by atomic mass is 16.5. The number of anilines is 1. The van der Waals surface area contributed by atoms with Crippen LogP contribution in [0.1, 0.15) is 27.6 Å². The fourth-order valence-corrected chi connectivity index (χ4v) is 2.48. The lowest BCUT2D eigenvalue weighted by Crippen LogP contribution is -2.11. The van der Waals surface area contributed by atoms with Gasteiger partial charge in [-0.25, -0.2) is 0 Å². The highest BCUT2D eigenvalue weighted by molar-refractivity contribution is 6.07. The van der Waals surface area contributed by atoms with Gasteiger partial charge in [0.2, 0.25) is 0 Å². The van der Waals surface area contributed by atoms with Crippen LogP contribution < -0.4 is 5.32 Å². The Morgan fingerprint density at radius 2 is 2.04 bits per heavy atom. The number of benzene rings is 1. The maximum atomic E-state index is 12.4. The molecule has 5 heteroatoms. The summed E-state index contributed by atoms with van der Waals surface area (Å²) in [5, 5.41) is 3.82. The largest absolute Gasteiger partial charge is 0.453 e. The van der Waals surface area contributed by atoms with Crippen LogP contribution in [-0.2, 0) is 11.3 Å². The van der Waals surface area contributed by atoms with Crippen LogP contribution in [0.25, 0.3) is 10.9 Å². The minimum absolute atomic E-state index is 0.257. The lowest BCUT2D eigenvalue weighted by molar-refractivity contribution is 0.0987. The Balaban J connectivity index is 1.93. The fraction of sp³-hybridized carbons (Fsp3) is 0.222. The summed E-state index contributed by atoms with van der Waals surface area (Å²) in [4.78, 5) is 16.9. The molecule has 0 fully saturated rings. The van der Waals surface area contributed by atoms with Crippen molar-refractivity contribution in [2.75, 3.05) is 12.4 Å². The number of carbonyl (C=O) groups excluding carboxylic acids is 1. The van der Waals surface area contributed by atoms with Crippen molar-refractivity contribution in [1.82, 2.24) is 4.98 Å². The average Bonchev–Trinajstić information content (AvgIpc) is 2.97. The van der Waals surface area contributed by atoms with Gasteiger partial charge in [-0.05, 0) is 44.2 Å². The summed E-state index contributed by atoms with van der Waals surface area (Å²) in [6, 6.07) is 11.2. The Hall–Kier alpha value is -2.66.